The zero-order valence-electron chi connectivity index (χ0n) is 10.2. The molecule has 1 saturated heterocycles. The van der Waals surface area contributed by atoms with Crippen molar-refractivity contribution < 1.29 is 9.53 Å². The van der Waals surface area contributed by atoms with E-state index in [1.165, 1.54) is 0 Å². The summed E-state index contributed by atoms with van der Waals surface area (Å²) in [6, 6.07) is -0.266. The number of nitrogens with one attached hydrogen (secondary N) is 1. The molecule has 0 aromatic rings. The molecule has 5 unspecified atom stereocenters. The van der Waals surface area contributed by atoms with Crippen LogP contribution in [0.15, 0.2) is 0 Å². The molecule has 5 atom stereocenters. The van der Waals surface area contributed by atoms with Gasteiger partial charge in [0.1, 0.15) is 0 Å². The second-order valence-electron chi connectivity index (χ2n) is 4.56. The number of thiocarbonyl (C=S) groups is 1. The molecule has 1 aliphatic rings. The van der Waals surface area contributed by atoms with Gasteiger partial charge in [-0.1, -0.05) is 19.1 Å². The highest BCUT2D eigenvalue weighted by atomic mass is 32.1. The Balaban J connectivity index is 2.64. The fraction of sp³-hybridized carbons (Fsp3) is 0.818. The van der Waals surface area contributed by atoms with E-state index in [0.29, 0.717) is 4.99 Å². The third-order valence-corrected chi connectivity index (χ3v) is 3.68. The molecule has 3 N–H and O–H groups in total. The second-order valence-corrected chi connectivity index (χ2v) is 5.04. The summed E-state index contributed by atoms with van der Waals surface area (Å²) in [6.45, 7) is 7.74. The summed E-state index contributed by atoms with van der Waals surface area (Å²) in [5.41, 5.74) is 5.47. The van der Waals surface area contributed by atoms with Crippen LogP contribution in [0, 0.1) is 11.8 Å². The Kier molecular flexibility index (Phi) is 4.27. The number of hydrogen-bond acceptors (Lipinski definition) is 3. The van der Waals surface area contributed by atoms with Crippen molar-refractivity contribution in [2.24, 2.45) is 17.6 Å². The van der Waals surface area contributed by atoms with Gasteiger partial charge in [0.05, 0.1) is 29.2 Å². The molecular weight excluding hydrogens is 224 g/mol. The molecule has 0 spiro atoms. The minimum atomic E-state index is -0.266. The number of carbonyl (C=O) groups excluding carboxylic acids is 1. The lowest BCUT2D eigenvalue weighted by molar-refractivity contribution is -0.127. The fourth-order valence-electron chi connectivity index (χ4n) is 2.10. The maximum atomic E-state index is 12.0. The second kappa shape index (κ2) is 5.10. The Morgan fingerprint density at radius 2 is 1.94 bits per heavy atom. The van der Waals surface area contributed by atoms with Gasteiger partial charge in [0.15, 0.2) is 0 Å². The molecule has 92 valence electrons. The lowest BCUT2D eigenvalue weighted by atomic mass is 9.88. The number of hydrogen-bond donors (Lipinski definition) is 2. The number of carbonyl (C=O) groups is 1. The van der Waals surface area contributed by atoms with Crippen LogP contribution in [-0.4, -0.2) is 29.1 Å². The van der Waals surface area contributed by atoms with Gasteiger partial charge in [0.2, 0.25) is 5.91 Å². The van der Waals surface area contributed by atoms with Crippen molar-refractivity contribution in [3.8, 4) is 0 Å². The summed E-state index contributed by atoms with van der Waals surface area (Å²) >= 11 is 4.83. The van der Waals surface area contributed by atoms with Gasteiger partial charge >= 0.3 is 0 Å². The van der Waals surface area contributed by atoms with E-state index in [0.717, 1.165) is 0 Å². The Morgan fingerprint density at radius 1 is 1.38 bits per heavy atom. The number of nitrogens with two attached hydrogens (primary N) is 1. The average Bonchev–Trinajstić information content (AvgIpc) is 2.40. The first-order valence-corrected chi connectivity index (χ1v) is 6.00. The molecule has 1 fully saturated rings. The van der Waals surface area contributed by atoms with Gasteiger partial charge in [-0.05, 0) is 26.7 Å². The van der Waals surface area contributed by atoms with E-state index < -0.39 is 0 Å². The van der Waals surface area contributed by atoms with Crippen LogP contribution in [0.25, 0.3) is 0 Å². The zero-order valence-corrected chi connectivity index (χ0v) is 11.0. The Hall–Kier alpha value is -0.680. The summed E-state index contributed by atoms with van der Waals surface area (Å²) in [5.74, 6) is 0.0741. The molecule has 5 heteroatoms. The molecule has 0 bridgehead atoms. The minimum Gasteiger partial charge on any atom is -0.392 e. The van der Waals surface area contributed by atoms with Crippen molar-refractivity contribution in [1.29, 1.82) is 0 Å². The highest BCUT2D eigenvalue weighted by molar-refractivity contribution is 7.80. The number of amides is 1. The van der Waals surface area contributed by atoms with E-state index >= 15 is 0 Å². The van der Waals surface area contributed by atoms with Crippen LogP contribution >= 0.6 is 12.2 Å². The van der Waals surface area contributed by atoms with Gasteiger partial charge in [0, 0.05) is 0 Å². The predicted molar refractivity (Wildman–Crippen MR) is 67.1 cm³/mol. The van der Waals surface area contributed by atoms with Gasteiger partial charge in [-0.3, -0.25) is 4.79 Å². The highest BCUT2D eigenvalue weighted by Crippen LogP contribution is 2.32. The highest BCUT2D eigenvalue weighted by Gasteiger charge is 2.41. The van der Waals surface area contributed by atoms with E-state index in [1.807, 2.05) is 20.8 Å². The van der Waals surface area contributed by atoms with Gasteiger partial charge in [-0.25, -0.2) is 0 Å². The van der Waals surface area contributed by atoms with Crippen LogP contribution in [0.5, 0.6) is 0 Å². The third-order valence-electron chi connectivity index (χ3n) is 3.33. The van der Waals surface area contributed by atoms with Crippen LogP contribution in [0.1, 0.15) is 27.7 Å². The van der Waals surface area contributed by atoms with Crippen LogP contribution in [0.3, 0.4) is 0 Å². The van der Waals surface area contributed by atoms with Crippen molar-refractivity contribution >= 4 is 23.1 Å². The molecule has 0 aromatic carbocycles. The molecule has 0 aliphatic carbocycles. The van der Waals surface area contributed by atoms with Crippen LogP contribution < -0.4 is 11.1 Å². The molecule has 1 heterocycles. The van der Waals surface area contributed by atoms with E-state index in [-0.39, 0.29) is 36.0 Å². The lowest BCUT2D eigenvalue weighted by Crippen LogP contribution is -2.46. The standard InChI is InChI=1S/C11H20N2O2S/c1-5-7(3)15-8(4)9(5)11(14)13-6(2)10(12)16/h5-9H,1-4H3,(H2,12,16)(H,13,14). The molecule has 4 nitrogen and oxygen atoms in total. The van der Waals surface area contributed by atoms with Crippen LogP contribution in [-0.2, 0) is 9.53 Å². The normalized spacial score (nSPS) is 35.8. The van der Waals surface area contributed by atoms with E-state index in [9.17, 15) is 4.79 Å². The van der Waals surface area contributed by atoms with Crippen molar-refractivity contribution in [3.63, 3.8) is 0 Å². The van der Waals surface area contributed by atoms with E-state index in [4.69, 9.17) is 22.7 Å². The Morgan fingerprint density at radius 3 is 2.31 bits per heavy atom. The summed E-state index contributed by atoms with van der Waals surface area (Å²) in [4.78, 5) is 12.3. The van der Waals surface area contributed by atoms with Crippen molar-refractivity contribution in [1.82, 2.24) is 5.32 Å². The first-order valence-electron chi connectivity index (χ1n) is 5.59. The van der Waals surface area contributed by atoms with Crippen molar-refractivity contribution in [3.05, 3.63) is 0 Å². The minimum absolute atomic E-state index is 0.0235. The zero-order chi connectivity index (χ0) is 12.5. The first-order chi connectivity index (χ1) is 7.34. The van der Waals surface area contributed by atoms with Gasteiger partial charge in [-0.2, -0.15) is 0 Å². The van der Waals surface area contributed by atoms with Crippen molar-refractivity contribution in [2.45, 2.75) is 45.9 Å². The molecule has 16 heavy (non-hydrogen) atoms. The lowest BCUT2D eigenvalue weighted by Gasteiger charge is -2.20. The number of rotatable bonds is 3. The topological polar surface area (TPSA) is 64.3 Å². The van der Waals surface area contributed by atoms with Crippen molar-refractivity contribution in [2.75, 3.05) is 0 Å². The SMILES string of the molecule is CC(NC(=O)C1C(C)OC(C)C1C)C(N)=S. The maximum Gasteiger partial charge on any atom is 0.226 e. The molecule has 0 saturated carbocycles. The maximum absolute atomic E-state index is 12.0. The molecule has 1 rings (SSSR count). The van der Waals surface area contributed by atoms with Gasteiger partial charge < -0.3 is 15.8 Å². The third kappa shape index (κ3) is 2.71. The largest absolute Gasteiger partial charge is 0.392 e. The summed E-state index contributed by atoms with van der Waals surface area (Å²) in [7, 11) is 0. The average molecular weight is 244 g/mol. The summed E-state index contributed by atoms with van der Waals surface area (Å²) < 4.78 is 5.62. The summed E-state index contributed by atoms with van der Waals surface area (Å²) in [5, 5.41) is 2.82. The molecule has 0 aromatic heterocycles. The van der Waals surface area contributed by atoms with Gasteiger partial charge in [0.25, 0.3) is 0 Å². The van der Waals surface area contributed by atoms with E-state index in [1.54, 1.807) is 6.92 Å². The van der Waals surface area contributed by atoms with Crippen LogP contribution in [0.4, 0.5) is 0 Å². The molecular formula is C11H20N2O2S. The monoisotopic (exact) mass is 244 g/mol. The van der Waals surface area contributed by atoms with E-state index in [2.05, 4.69) is 5.32 Å². The van der Waals surface area contributed by atoms with Crippen LogP contribution in [0.2, 0.25) is 0 Å². The van der Waals surface area contributed by atoms with Gasteiger partial charge in [-0.15, -0.1) is 0 Å². The predicted octanol–water partition coefficient (Wildman–Crippen LogP) is 0.837. The summed E-state index contributed by atoms with van der Waals surface area (Å²) in [6.07, 6.45) is 0.0643. The molecule has 0 radical (unpaired) electrons. The smallest absolute Gasteiger partial charge is 0.226 e. The number of ether oxygens (including phenoxy) is 1. The quantitative estimate of drug-likeness (QED) is 0.722. The fourth-order valence-corrected chi connectivity index (χ4v) is 2.16. The molecule has 1 aliphatic heterocycles. The Labute approximate surface area is 102 Å². The Bertz CT molecular complexity index is 296. The first kappa shape index (κ1) is 13.4. The molecule has 1 amide bonds.